The summed E-state index contributed by atoms with van der Waals surface area (Å²) in [4.78, 5) is 12.1. The predicted molar refractivity (Wildman–Crippen MR) is 86.2 cm³/mol. The number of alkyl halides is 3. The van der Waals surface area contributed by atoms with Crippen molar-refractivity contribution in [3.63, 3.8) is 0 Å². The third kappa shape index (κ3) is 4.17. The van der Waals surface area contributed by atoms with Crippen LogP contribution in [0.1, 0.15) is 11.1 Å². The second-order valence-electron chi connectivity index (χ2n) is 5.40. The average molecular weight is 372 g/mol. The number of carbonyl (C=O) groups excluding carboxylic acids is 1. The number of nitrogens with one attached hydrogen (secondary N) is 1. The Morgan fingerprint density at radius 1 is 1.12 bits per heavy atom. The van der Waals surface area contributed by atoms with E-state index in [1.165, 1.54) is 24.3 Å². The lowest BCUT2D eigenvalue weighted by atomic mass is 10.1. The van der Waals surface area contributed by atoms with Crippen molar-refractivity contribution >= 4 is 23.2 Å². The van der Waals surface area contributed by atoms with E-state index in [0.717, 1.165) is 12.1 Å². The minimum Gasteiger partial charge on any atom is -0.486 e. The van der Waals surface area contributed by atoms with Gasteiger partial charge in [0.15, 0.2) is 11.5 Å². The number of hydrogen-bond acceptors (Lipinski definition) is 3. The first-order valence-electron chi connectivity index (χ1n) is 7.38. The maximum atomic E-state index is 12.7. The van der Waals surface area contributed by atoms with Crippen LogP contribution >= 0.6 is 11.6 Å². The molecule has 0 fully saturated rings. The first-order valence-corrected chi connectivity index (χ1v) is 7.76. The van der Waals surface area contributed by atoms with Crippen LogP contribution in [-0.2, 0) is 17.4 Å². The van der Waals surface area contributed by atoms with Crippen LogP contribution in [0.2, 0.25) is 5.02 Å². The molecule has 0 atom stereocenters. The van der Waals surface area contributed by atoms with E-state index in [1.54, 1.807) is 0 Å². The summed E-state index contributed by atoms with van der Waals surface area (Å²) in [6.07, 6.45) is -4.67. The van der Waals surface area contributed by atoms with E-state index in [1.807, 2.05) is 0 Å². The molecular formula is C17H13ClF3NO3. The van der Waals surface area contributed by atoms with Crippen molar-refractivity contribution in [2.45, 2.75) is 12.6 Å². The van der Waals surface area contributed by atoms with Crippen LogP contribution in [0.5, 0.6) is 11.5 Å². The Labute approximate surface area is 146 Å². The summed E-state index contributed by atoms with van der Waals surface area (Å²) >= 11 is 6.09. The fourth-order valence-electron chi connectivity index (χ4n) is 2.40. The van der Waals surface area contributed by atoms with Crippen molar-refractivity contribution in [3.05, 3.63) is 52.5 Å². The van der Waals surface area contributed by atoms with Gasteiger partial charge >= 0.3 is 6.18 Å². The number of anilines is 1. The van der Waals surface area contributed by atoms with Crippen molar-refractivity contribution in [2.24, 2.45) is 0 Å². The largest absolute Gasteiger partial charge is 0.486 e. The monoisotopic (exact) mass is 371 g/mol. The highest BCUT2D eigenvalue weighted by Gasteiger charge is 2.30. The average Bonchev–Trinajstić information content (AvgIpc) is 2.55. The van der Waals surface area contributed by atoms with Gasteiger partial charge in [-0.25, -0.2) is 0 Å². The van der Waals surface area contributed by atoms with Gasteiger partial charge in [-0.05, 0) is 11.6 Å². The first-order chi connectivity index (χ1) is 11.8. The van der Waals surface area contributed by atoms with Gasteiger partial charge < -0.3 is 14.8 Å². The van der Waals surface area contributed by atoms with Gasteiger partial charge in [-0.15, -0.1) is 0 Å². The van der Waals surface area contributed by atoms with Gasteiger partial charge in [-0.2, -0.15) is 13.2 Å². The summed E-state index contributed by atoms with van der Waals surface area (Å²) in [6, 6.07) is 7.68. The third-order valence-corrected chi connectivity index (χ3v) is 3.84. The summed E-state index contributed by atoms with van der Waals surface area (Å²) in [5, 5.41) is 2.83. The van der Waals surface area contributed by atoms with Gasteiger partial charge in [-0.1, -0.05) is 29.8 Å². The number of hydrogen-bond donors (Lipinski definition) is 1. The Bertz CT molecular complexity index is 808. The molecule has 1 amide bonds. The molecule has 0 aliphatic carbocycles. The molecule has 132 valence electrons. The van der Waals surface area contributed by atoms with Crippen molar-refractivity contribution in [1.29, 1.82) is 0 Å². The standard InChI is InChI=1S/C17H13ClF3NO3/c18-12-8-14-15(25-5-4-24-14)9-13(12)22-16(23)7-10-2-1-3-11(6-10)17(19,20)21/h1-3,6,8-9H,4-5,7H2,(H,22,23). The lowest BCUT2D eigenvalue weighted by molar-refractivity contribution is -0.137. The van der Waals surface area contributed by atoms with Crippen LogP contribution in [0, 0.1) is 0 Å². The molecule has 1 aliphatic rings. The van der Waals surface area contributed by atoms with Gasteiger partial charge in [0.25, 0.3) is 0 Å². The molecule has 4 nitrogen and oxygen atoms in total. The van der Waals surface area contributed by atoms with Crippen LogP contribution in [0.15, 0.2) is 36.4 Å². The fraction of sp³-hybridized carbons (Fsp3) is 0.235. The van der Waals surface area contributed by atoms with Gasteiger partial charge in [0.05, 0.1) is 22.7 Å². The van der Waals surface area contributed by atoms with Gasteiger partial charge in [-0.3, -0.25) is 4.79 Å². The van der Waals surface area contributed by atoms with Gasteiger partial charge in [0.2, 0.25) is 5.91 Å². The highest BCUT2D eigenvalue weighted by atomic mass is 35.5. The fourth-order valence-corrected chi connectivity index (χ4v) is 2.60. The van der Waals surface area contributed by atoms with E-state index >= 15 is 0 Å². The molecule has 1 aliphatic heterocycles. The zero-order valence-electron chi connectivity index (χ0n) is 12.8. The zero-order valence-corrected chi connectivity index (χ0v) is 13.6. The highest BCUT2D eigenvalue weighted by Crippen LogP contribution is 2.38. The van der Waals surface area contributed by atoms with Crippen LogP contribution in [0.4, 0.5) is 18.9 Å². The maximum Gasteiger partial charge on any atom is 0.416 e. The van der Waals surface area contributed by atoms with Crippen LogP contribution in [0.25, 0.3) is 0 Å². The maximum absolute atomic E-state index is 12.7. The Morgan fingerprint density at radius 3 is 2.48 bits per heavy atom. The molecule has 0 aromatic heterocycles. The lowest BCUT2D eigenvalue weighted by Gasteiger charge is -2.20. The molecule has 1 heterocycles. The smallest absolute Gasteiger partial charge is 0.416 e. The first kappa shape index (κ1) is 17.4. The molecule has 0 radical (unpaired) electrons. The molecular weight excluding hydrogens is 359 g/mol. The van der Waals surface area contributed by atoms with Crippen molar-refractivity contribution in [3.8, 4) is 11.5 Å². The summed E-state index contributed by atoms with van der Waals surface area (Å²) in [7, 11) is 0. The van der Waals surface area contributed by atoms with E-state index in [2.05, 4.69) is 5.32 Å². The SMILES string of the molecule is O=C(Cc1cccc(C(F)(F)F)c1)Nc1cc2c(cc1Cl)OCCO2. The molecule has 1 N–H and O–H groups in total. The highest BCUT2D eigenvalue weighted by molar-refractivity contribution is 6.34. The Balaban J connectivity index is 1.73. The van der Waals surface area contributed by atoms with Crippen molar-refractivity contribution in [2.75, 3.05) is 18.5 Å². The number of carbonyl (C=O) groups is 1. The van der Waals surface area contributed by atoms with Crippen molar-refractivity contribution in [1.82, 2.24) is 0 Å². The molecule has 3 rings (SSSR count). The van der Waals surface area contributed by atoms with Crippen LogP contribution in [0.3, 0.4) is 0 Å². The molecule has 2 aromatic rings. The number of ether oxygens (including phenoxy) is 2. The van der Waals surface area contributed by atoms with E-state index in [9.17, 15) is 18.0 Å². The van der Waals surface area contributed by atoms with E-state index in [4.69, 9.17) is 21.1 Å². The number of benzene rings is 2. The zero-order chi connectivity index (χ0) is 18.0. The Morgan fingerprint density at radius 2 is 1.80 bits per heavy atom. The minimum absolute atomic E-state index is 0.214. The number of rotatable bonds is 3. The molecule has 0 bridgehead atoms. The quantitative estimate of drug-likeness (QED) is 0.874. The van der Waals surface area contributed by atoms with E-state index in [0.29, 0.717) is 30.4 Å². The summed E-state index contributed by atoms with van der Waals surface area (Å²) in [5.74, 6) is 0.440. The van der Waals surface area contributed by atoms with Gasteiger partial charge in [0.1, 0.15) is 13.2 Å². The Hall–Kier alpha value is -2.41. The molecule has 0 spiro atoms. The normalized spacial score (nSPS) is 13.4. The number of halogens is 4. The number of fused-ring (bicyclic) bond motifs is 1. The van der Waals surface area contributed by atoms with Crippen molar-refractivity contribution < 1.29 is 27.4 Å². The molecule has 0 saturated carbocycles. The molecule has 0 unspecified atom stereocenters. The molecule has 0 saturated heterocycles. The molecule has 2 aromatic carbocycles. The minimum atomic E-state index is -4.45. The van der Waals surface area contributed by atoms with Crippen LogP contribution < -0.4 is 14.8 Å². The molecule has 25 heavy (non-hydrogen) atoms. The van der Waals surface area contributed by atoms with E-state index in [-0.39, 0.29) is 17.0 Å². The lowest BCUT2D eigenvalue weighted by Crippen LogP contribution is -2.18. The Kier molecular flexibility index (Phi) is 4.76. The van der Waals surface area contributed by atoms with E-state index < -0.39 is 17.6 Å². The summed E-state index contributed by atoms with van der Waals surface area (Å²) in [5.41, 5.74) is -0.237. The topological polar surface area (TPSA) is 47.6 Å². The summed E-state index contributed by atoms with van der Waals surface area (Å²) < 4.78 is 49.0. The predicted octanol–water partition coefficient (Wildman–Crippen LogP) is 4.31. The second-order valence-corrected chi connectivity index (χ2v) is 5.81. The summed E-state index contributed by atoms with van der Waals surface area (Å²) in [6.45, 7) is 0.789. The number of amides is 1. The second kappa shape index (κ2) is 6.84. The van der Waals surface area contributed by atoms with Crippen LogP contribution in [-0.4, -0.2) is 19.1 Å². The molecule has 8 heteroatoms. The third-order valence-electron chi connectivity index (χ3n) is 3.52. The van der Waals surface area contributed by atoms with Gasteiger partial charge in [0, 0.05) is 12.1 Å².